The van der Waals surface area contributed by atoms with Crippen LogP contribution < -0.4 is 5.49 Å². The highest BCUT2D eigenvalue weighted by atomic mass is 35.5. The maximum absolute atomic E-state index is 11.0. The standard InChI is InChI=1S/C11H10ClN5O3/c12-7-1-5-9(6-2-7)15-14-11(17(19)20)10(16(15)18)13-8-3-4-8/h1-2,5-6,8,18H,3-4H2. The monoisotopic (exact) mass is 295 g/mol. The van der Waals surface area contributed by atoms with Crippen LogP contribution >= 0.6 is 11.6 Å². The maximum Gasteiger partial charge on any atom is 0.438 e. The quantitative estimate of drug-likeness (QED) is 0.527. The van der Waals surface area contributed by atoms with Gasteiger partial charge in [-0.25, -0.2) is 0 Å². The molecule has 0 saturated heterocycles. The summed E-state index contributed by atoms with van der Waals surface area (Å²) in [6.07, 6.45) is 1.73. The van der Waals surface area contributed by atoms with Crippen LogP contribution in [0.3, 0.4) is 0 Å². The predicted octanol–water partition coefficient (Wildman–Crippen LogP) is 1.54. The summed E-state index contributed by atoms with van der Waals surface area (Å²) in [5.41, 5.74) is 0.296. The lowest BCUT2D eigenvalue weighted by Crippen LogP contribution is -2.22. The summed E-state index contributed by atoms with van der Waals surface area (Å²) in [4.78, 5) is 16.0. The molecule has 0 unspecified atom stereocenters. The van der Waals surface area contributed by atoms with Crippen LogP contribution in [0.2, 0.25) is 5.02 Å². The highest BCUT2D eigenvalue weighted by Gasteiger charge is 2.28. The molecular weight excluding hydrogens is 286 g/mol. The number of nitro groups is 1. The van der Waals surface area contributed by atoms with E-state index in [-0.39, 0.29) is 11.5 Å². The van der Waals surface area contributed by atoms with E-state index in [1.807, 2.05) is 0 Å². The van der Waals surface area contributed by atoms with Crippen molar-refractivity contribution in [1.82, 2.24) is 14.7 Å². The molecule has 2 aromatic rings. The molecule has 0 spiro atoms. The first-order valence-corrected chi connectivity index (χ1v) is 6.30. The minimum atomic E-state index is -0.666. The van der Waals surface area contributed by atoms with E-state index in [2.05, 4.69) is 10.1 Å². The summed E-state index contributed by atoms with van der Waals surface area (Å²) in [5, 5.41) is 25.3. The molecule has 0 bridgehead atoms. The first-order valence-electron chi connectivity index (χ1n) is 5.92. The van der Waals surface area contributed by atoms with E-state index in [1.165, 1.54) is 0 Å². The molecule has 1 aliphatic rings. The van der Waals surface area contributed by atoms with E-state index in [4.69, 9.17) is 11.6 Å². The normalized spacial score (nSPS) is 15.6. The largest absolute Gasteiger partial charge is 0.438 e. The van der Waals surface area contributed by atoms with Crippen molar-refractivity contribution in [2.45, 2.75) is 18.9 Å². The summed E-state index contributed by atoms with van der Waals surface area (Å²) in [7, 11) is 0. The number of hydrogen-bond donors (Lipinski definition) is 1. The number of halogens is 1. The first kappa shape index (κ1) is 12.7. The van der Waals surface area contributed by atoms with Crippen molar-refractivity contribution in [3.8, 4) is 5.69 Å². The summed E-state index contributed by atoms with van der Waals surface area (Å²) in [6, 6.07) is 6.40. The summed E-state index contributed by atoms with van der Waals surface area (Å²) >= 11 is 5.78. The third-order valence-corrected chi connectivity index (χ3v) is 3.09. The van der Waals surface area contributed by atoms with E-state index < -0.39 is 10.7 Å². The lowest BCUT2D eigenvalue weighted by molar-refractivity contribution is -0.391. The number of aromatic nitrogens is 3. The Hall–Kier alpha value is -2.35. The Labute approximate surface area is 117 Å². The molecule has 0 aliphatic heterocycles. The molecule has 1 N–H and O–H groups in total. The fourth-order valence-corrected chi connectivity index (χ4v) is 1.83. The molecule has 1 aliphatic carbocycles. The van der Waals surface area contributed by atoms with Gasteiger partial charge in [-0.15, -0.1) is 0 Å². The van der Waals surface area contributed by atoms with Crippen molar-refractivity contribution in [2.24, 2.45) is 4.99 Å². The molecule has 1 heterocycles. The summed E-state index contributed by atoms with van der Waals surface area (Å²) in [6.45, 7) is 0. The van der Waals surface area contributed by atoms with Crippen LogP contribution in [0.5, 0.6) is 0 Å². The lowest BCUT2D eigenvalue weighted by Gasteiger charge is -1.99. The smallest absolute Gasteiger partial charge is 0.409 e. The average molecular weight is 296 g/mol. The van der Waals surface area contributed by atoms with Crippen molar-refractivity contribution in [3.63, 3.8) is 0 Å². The van der Waals surface area contributed by atoms with Crippen LogP contribution in [0.15, 0.2) is 29.3 Å². The minimum Gasteiger partial charge on any atom is -0.409 e. The van der Waals surface area contributed by atoms with Crippen molar-refractivity contribution in [3.05, 3.63) is 44.9 Å². The minimum absolute atomic E-state index is 0.0231. The van der Waals surface area contributed by atoms with Crippen LogP contribution in [-0.2, 0) is 0 Å². The third kappa shape index (κ3) is 2.25. The SMILES string of the molecule is O=[N+]([O-])c1nn(-c2ccc(Cl)cc2)n(O)c1=NC1CC1. The molecule has 0 atom stereocenters. The first-order chi connectivity index (χ1) is 9.56. The Morgan fingerprint density at radius 3 is 2.60 bits per heavy atom. The van der Waals surface area contributed by atoms with Crippen LogP contribution in [0.4, 0.5) is 5.82 Å². The van der Waals surface area contributed by atoms with Crippen molar-refractivity contribution >= 4 is 17.4 Å². The van der Waals surface area contributed by atoms with Crippen LogP contribution in [0.25, 0.3) is 5.69 Å². The number of hydrogen-bond acceptors (Lipinski definition) is 5. The Morgan fingerprint density at radius 2 is 2.05 bits per heavy atom. The van der Waals surface area contributed by atoms with Gasteiger partial charge in [-0.3, -0.25) is 4.99 Å². The Morgan fingerprint density at radius 1 is 1.40 bits per heavy atom. The molecule has 1 aromatic carbocycles. The topological polar surface area (TPSA) is 98.5 Å². The second-order valence-electron chi connectivity index (χ2n) is 4.42. The zero-order valence-electron chi connectivity index (χ0n) is 10.2. The Kier molecular flexibility index (Phi) is 2.94. The average Bonchev–Trinajstić information content (AvgIpc) is 3.16. The highest BCUT2D eigenvalue weighted by Crippen LogP contribution is 2.23. The molecule has 1 fully saturated rings. The number of rotatable bonds is 3. The number of benzene rings is 1. The Bertz CT molecular complexity index is 730. The fourth-order valence-electron chi connectivity index (χ4n) is 1.70. The fraction of sp³-hybridized carbons (Fsp3) is 0.273. The molecular formula is C11H10ClN5O3. The molecule has 0 amide bonds. The van der Waals surface area contributed by atoms with Gasteiger partial charge in [0.05, 0.1) is 11.1 Å². The van der Waals surface area contributed by atoms with E-state index in [1.54, 1.807) is 24.3 Å². The molecule has 8 nitrogen and oxygen atoms in total. The third-order valence-electron chi connectivity index (χ3n) is 2.84. The molecule has 3 rings (SSSR count). The zero-order chi connectivity index (χ0) is 14.3. The summed E-state index contributed by atoms with van der Waals surface area (Å²) < 4.78 is 0. The van der Waals surface area contributed by atoms with E-state index in [0.29, 0.717) is 15.6 Å². The summed E-state index contributed by atoms with van der Waals surface area (Å²) in [5.74, 6) is -0.477. The van der Waals surface area contributed by atoms with Gasteiger partial charge >= 0.3 is 5.82 Å². The van der Waals surface area contributed by atoms with Gasteiger partial charge < -0.3 is 15.3 Å². The molecule has 104 valence electrons. The van der Waals surface area contributed by atoms with E-state index >= 15 is 0 Å². The maximum atomic E-state index is 11.0. The van der Waals surface area contributed by atoms with Gasteiger partial charge in [0.15, 0.2) is 0 Å². The second-order valence-corrected chi connectivity index (χ2v) is 4.86. The molecule has 9 heteroatoms. The van der Waals surface area contributed by atoms with E-state index in [9.17, 15) is 15.3 Å². The van der Waals surface area contributed by atoms with E-state index in [0.717, 1.165) is 17.6 Å². The van der Waals surface area contributed by atoms with Gasteiger partial charge in [-0.1, -0.05) is 16.4 Å². The Balaban J connectivity index is 2.17. The predicted molar refractivity (Wildman–Crippen MR) is 69.0 cm³/mol. The van der Waals surface area contributed by atoms with Crippen molar-refractivity contribution in [1.29, 1.82) is 0 Å². The van der Waals surface area contributed by atoms with Gasteiger partial charge in [0.25, 0.3) is 5.49 Å². The lowest BCUT2D eigenvalue weighted by atomic mass is 10.3. The van der Waals surface area contributed by atoms with Gasteiger partial charge in [0.2, 0.25) is 0 Å². The van der Waals surface area contributed by atoms with Crippen LogP contribution in [0, 0.1) is 10.1 Å². The molecule has 1 aromatic heterocycles. The van der Waals surface area contributed by atoms with Gasteiger partial charge in [-0.2, -0.15) is 0 Å². The number of nitrogens with zero attached hydrogens (tertiary/aromatic N) is 5. The van der Waals surface area contributed by atoms with Gasteiger partial charge in [0.1, 0.15) is 5.69 Å². The highest BCUT2D eigenvalue weighted by molar-refractivity contribution is 6.30. The van der Waals surface area contributed by atoms with Gasteiger partial charge in [-0.05, 0) is 46.8 Å². The second kappa shape index (κ2) is 4.64. The van der Waals surface area contributed by atoms with Gasteiger partial charge in [0, 0.05) is 5.02 Å². The van der Waals surface area contributed by atoms with Crippen molar-refractivity contribution < 1.29 is 10.1 Å². The van der Waals surface area contributed by atoms with Crippen LogP contribution in [0.1, 0.15) is 12.8 Å². The van der Waals surface area contributed by atoms with Crippen molar-refractivity contribution in [2.75, 3.05) is 0 Å². The zero-order valence-corrected chi connectivity index (χ0v) is 10.9. The molecule has 0 radical (unpaired) electrons. The molecule has 20 heavy (non-hydrogen) atoms. The van der Waals surface area contributed by atoms with Crippen LogP contribution in [-0.4, -0.2) is 30.9 Å². The molecule has 1 saturated carbocycles.